The zero-order chi connectivity index (χ0) is 9.72. The molecule has 0 aromatic heterocycles. The zero-order valence-corrected chi connectivity index (χ0v) is 6.29. The Bertz CT molecular complexity index is 180. The second-order valence-electron chi connectivity index (χ2n) is 2.06. The molecule has 1 N–H and O–H groups in total. The fraction of sp³-hybridized carbons (Fsp3) is 0.667. The number of aliphatic carboxylic acids is 1. The number of methoxy groups -OCH3 is 1. The van der Waals surface area contributed by atoms with Gasteiger partial charge in [-0.3, -0.25) is 9.59 Å². The molecule has 0 amide bonds. The van der Waals surface area contributed by atoms with E-state index in [1.54, 1.807) is 0 Å². The van der Waals surface area contributed by atoms with Crippen LogP contribution < -0.4 is 0 Å². The van der Waals surface area contributed by atoms with E-state index in [0.717, 1.165) is 7.11 Å². The summed E-state index contributed by atoms with van der Waals surface area (Å²) in [6.45, 7) is 0. The fourth-order valence-electron chi connectivity index (χ4n) is 0.547. The maximum atomic E-state index is 11.9. The molecule has 0 aliphatic rings. The average Bonchev–Trinajstić information content (AvgIpc) is 1.98. The standard InChI is InChI=1S/C6H8F2O4/c1-12-4(9)2-3(5(7)8)6(10)11/h3,5H,2H2,1H3,(H,10,11). The Hall–Kier alpha value is -1.20. The van der Waals surface area contributed by atoms with Gasteiger partial charge in [0, 0.05) is 0 Å². The lowest BCUT2D eigenvalue weighted by Crippen LogP contribution is -2.25. The highest BCUT2D eigenvalue weighted by molar-refractivity contribution is 5.78. The minimum Gasteiger partial charge on any atom is -0.481 e. The lowest BCUT2D eigenvalue weighted by molar-refractivity contribution is -0.155. The third-order valence-corrected chi connectivity index (χ3v) is 1.24. The summed E-state index contributed by atoms with van der Waals surface area (Å²) in [4.78, 5) is 20.5. The summed E-state index contributed by atoms with van der Waals surface area (Å²) in [5, 5.41) is 8.20. The Morgan fingerprint density at radius 1 is 1.50 bits per heavy atom. The van der Waals surface area contributed by atoms with E-state index < -0.39 is 30.7 Å². The van der Waals surface area contributed by atoms with Crippen molar-refractivity contribution >= 4 is 11.9 Å². The highest BCUT2D eigenvalue weighted by Crippen LogP contribution is 2.14. The molecule has 1 unspecified atom stereocenters. The van der Waals surface area contributed by atoms with Crippen LogP contribution in [0.15, 0.2) is 0 Å². The Morgan fingerprint density at radius 3 is 2.25 bits per heavy atom. The van der Waals surface area contributed by atoms with Crippen LogP contribution in [0.5, 0.6) is 0 Å². The molecule has 0 fully saturated rings. The van der Waals surface area contributed by atoms with E-state index in [0.29, 0.717) is 0 Å². The predicted molar refractivity (Wildman–Crippen MR) is 33.8 cm³/mol. The summed E-state index contributed by atoms with van der Waals surface area (Å²) in [5.41, 5.74) is 0. The molecule has 0 aliphatic heterocycles. The summed E-state index contributed by atoms with van der Waals surface area (Å²) in [5.74, 6) is -4.63. The number of carboxylic acid groups (broad SMARTS) is 1. The van der Waals surface area contributed by atoms with Crippen LogP contribution in [0.3, 0.4) is 0 Å². The van der Waals surface area contributed by atoms with Crippen LogP contribution in [0.25, 0.3) is 0 Å². The second-order valence-corrected chi connectivity index (χ2v) is 2.06. The van der Waals surface area contributed by atoms with Gasteiger partial charge in [-0.1, -0.05) is 0 Å². The minimum atomic E-state index is -3.05. The van der Waals surface area contributed by atoms with Crippen LogP contribution in [0.4, 0.5) is 8.78 Å². The molecule has 4 nitrogen and oxygen atoms in total. The number of carbonyl (C=O) groups is 2. The molecule has 0 aromatic carbocycles. The molecule has 0 rings (SSSR count). The van der Waals surface area contributed by atoms with Gasteiger partial charge in [-0.25, -0.2) is 8.78 Å². The van der Waals surface area contributed by atoms with Crippen molar-refractivity contribution in [3.05, 3.63) is 0 Å². The Kier molecular flexibility index (Phi) is 4.17. The van der Waals surface area contributed by atoms with Crippen molar-refractivity contribution in [3.8, 4) is 0 Å². The van der Waals surface area contributed by atoms with E-state index >= 15 is 0 Å². The van der Waals surface area contributed by atoms with Gasteiger partial charge in [0.25, 0.3) is 6.43 Å². The van der Waals surface area contributed by atoms with E-state index in [1.165, 1.54) is 0 Å². The number of rotatable bonds is 4. The molecule has 0 saturated carbocycles. The van der Waals surface area contributed by atoms with Crippen LogP contribution in [0.2, 0.25) is 0 Å². The smallest absolute Gasteiger partial charge is 0.312 e. The number of carboxylic acids is 1. The van der Waals surface area contributed by atoms with Crippen molar-refractivity contribution in [2.24, 2.45) is 5.92 Å². The van der Waals surface area contributed by atoms with E-state index in [1.807, 2.05) is 0 Å². The van der Waals surface area contributed by atoms with Crippen LogP contribution in [0, 0.1) is 5.92 Å². The Morgan fingerprint density at radius 2 is 2.00 bits per heavy atom. The van der Waals surface area contributed by atoms with Gasteiger partial charge in [0.15, 0.2) is 0 Å². The predicted octanol–water partition coefficient (Wildman–Crippen LogP) is 0.515. The van der Waals surface area contributed by atoms with Crippen LogP contribution in [-0.4, -0.2) is 30.6 Å². The molecule has 0 spiro atoms. The first-order chi connectivity index (χ1) is 5.49. The summed E-state index contributed by atoms with van der Waals surface area (Å²) >= 11 is 0. The van der Waals surface area contributed by atoms with Gasteiger partial charge < -0.3 is 9.84 Å². The SMILES string of the molecule is COC(=O)CC(C(=O)O)C(F)F. The molecule has 6 heteroatoms. The first-order valence-corrected chi connectivity index (χ1v) is 3.06. The average molecular weight is 182 g/mol. The van der Waals surface area contributed by atoms with Gasteiger partial charge in [-0.05, 0) is 0 Å². The molecule has 12 heavy (non-hydrogen) atoms. The summed E-state index contributed by atoms with van der Waals surface area (Å²) < 4.78 is 27.8. The van der Waals surface area contributed by atoms with Crippen molar-refractivity contribution < 1.29 is 28.2 Å². The molecule has 70 valence electrons. The van der Waals surface area contributed by atoms with Gasteiger partial charge in [0.05, 0.1) is 13.5 Å². The number of esters is 1. The third kappa shape index (κ3) is 3.27. The molecular weight excluding hydrogens is 174 g/mol. The largest absolute Gasteiger partial charge is 0.481 e. The van der Waals surface area contributed by atoms with Crippen LogP contribution in [-0.2, 0) is 14.3 Å². The topological polar surface area (TPSA) is 63.6 Å². The number of halogens is 2. The summed E-state index contributed by atoms with van der Waals surface area (Å²) in [6, 6.07) is 0. The lowest BCUT2D eigenvalue weighted by atomic mass is 10.1. The van der Waals surface area contributed by atoms with E-state index in [-0.39, 0.29) is 0 Å². The van der Waals surface area contributed by atoms with Crippen molar-refractivity contribution in [2.45, 2.75) is 12.8 Å². The Labute approximate surface area is 67.1 Å². The van der Waals surface area contributed by atoms with Gasteiger partial charge in [-0.2, -0.15) is 0 Å². The maximum Gasteiger partial charge on any atom is 0.312 e. The van der Waals surface area contributed by atoms with E-state index in [4.69, 9.17) is 5.11 Å². The molecule has 0 heterocycles. The van der Waals surface area contributed by atoms with Crippen LogP contribution >= 0.6 is 0 Å². The van der Waals surface area contributed by atoms with Gasteiger partial charge >= 0.3 is 11.9 Å². The third-order valence-electron chi connectivity index (χ3n) is 1.24. The number of hydrogen-bond acceptors (Lipinski definition) is 3. The summed E-state index contributed by atoms with van der Waals surface area (Å²) in [6.07, 6.45) is -3.86. The number of alkyl halides is 2. The molecule has 0 radical (unpaired) electrons. The molecule has 0 bridgehead atoms. The van der Waals surface area contributed by atoms with Gasteiger partial charge in [-0.15, -0.1) is 0 Å². The second kappa shape index (κ2) is 4.63. The van der Waals surface area contributed by atoms with Gasteiger partial charge in [0.1, 0.15) is 5.92 Å². The number of carbonyl (C=O) groups excluding carboxylic acids is 1. The van der Waals surface area contributed by atoms with Crippen molar-refractivity contribution in [3.63, 3.8) is 0 Å². The monoisotopic (exact) mass is 182 g/mol. The van der Waals surface area contributed by atoms with Crippen molar-refractivity contribution in [1.82, 2.24) is 0 Å². The minimum absolute atomic E-state index is 0.802. The normalized spacial score (nSPS) is 12.7. The maximum absolute atomic E-state index is 11.9. The van der Waals surface area contributed by atoms with Crippen LogP contribution in [0.1, 0.15) is 6.42 Å². The quantitative estimate of drug-likeness (QED) is 0.643. The Balaban J connectivity index is 4.14. The number of hydrogen-bond donors (Lipinski definition) is 1. The first-order valence-electron chi connectivity index (χ1n) is 3.06. The molecule has 0 saturated heterocycles. The first kappa shape index (κ1) is 10.8. The summed E-state index contributed by atoms with van der Waals surface area (Å²) in [7, 11) is 1.01. The highest BCUT2D eigenvalue weighted by atomic mass is 19.3. The highest BCUT2D eigenvalue weighted by Gasteiger charge is 2.30. The van der Waals surface area contributed by atoms with Gasteiger partial charge in [0.2, 0.25) is 0 Å². The van der Waals surface area contributed by atoms with Crippen molar-refractivity contribution in [2.75, 3.05) is 7.11 Å². The van der Waals surface area contributed by atoms with E-state index in [9.17, 15) is 18.4 Å². The zero-order valence-electron chi connectivity index (χ0n) is 6.29. The molecule has 0 aliphatic carbocycles. The lowest BCUT2D eigenvalue weighted by Gasteiger charge is -2.08. The molecular formula is C6H8F2O4. The number of ether oxygens (including phenoxy) is 1. The van der Waals surface area contributed by atoms with Crippen molar-refractivity contribution in [1.29, 1.82) is 0 Å². The van der Waals surface area contributed by atoms with E-state index in [2.05, 4.69) is 4.74 Å². The molecule has 0 aromatic rings. The fourth-order valence-corrected chi connectivity index (χ4v) is 0.547. The molecule has 1 atom stereocenters.